The largest absolute Gasteiger partial charge is 0.497 e. The molecule has 3 aliphatic rings. The Hall–Kier alpha value is -2.20. The summed E-state index contributed by atoms with van der Waals surface area (Å²) in [6.07, 6.45) is 5.89. The van der Waals surface area contributed by atoms with Crippen molar-refractivity contribution in [3.8, 4) is 5.75 Å². The highest BCUT2D eigenvalue weighted by Crippen LogP contribution is 2.38. The molecule has 4 heteroatoms. The number of hydrogen-bond donors (Lipinski definition) is 0. The Kier molecular flexibility index (Phi) is 4.91. The van der Waals surface area contributed by atoms with Gasteiger partial charge in [0.15, 0.2) is 5.78 Å². The maximum absolute atomic E-state index is 13.3. The molecule has 25 heavy (non-hydrogen) atoms. The lowest BCUT2D eigenvalue weighted by molar-refractivity contribution is 0.0205. The summed E-state index contributed by atoms with van der Waals surface area (Å²) in [5.74, 6) is 2.07. The van der Waals surface area contributed by atoms with Crippen molar-refractivity contribution in [2.24, 2.45) is 11.8 Å². The third-order valence-electron chi connectivity index (χ3n) is 5.62. The first-order valence-corrected chi connectivity index (χ1v) is 8.55. The van der Waals surface area contributed by atoms with E-state index >= 15 is 0 Å². The summed E-state index contributed by atoms with van der Waals surface area (Å²) in [5.41, 5.74) is 1.59. The topological polar surface area (TPSA) is 42.4 Å². The average Bonchev–Trinajstić information content (AvgIpc) is 2.66. The molecule has 5 rings (SSSR count). The zero-order valence-electron chi connectivity index (χ0n) is 13.9. The number of benzene rings is 1. The number of pyridine rings is 1. The molecule has 4 heterocycles. The lowest BCUT2D eigenvalue weighted by Gasteiger charge is -2.48. The minimum atomic E-state index is -0.0169. The van der Waals surface area contributed by atoms with E-state index in [4.69, 9.17) is 4.74 Å². The third kappa shape index (κ3) is 2.95. The molecule has 0 saturated carbocycles. The molecule has 4 nitrogen and oxygen atoms in total. The summed E-state index contributed by atoms with van der Waals surface area (Å²) in [4.78, 5) is 20.0. The fourth-order valence-corrected chi connectivity index (χ4v) is 4.25. The van der Waals surface area contributed by atoms with Crippen LogP contribution in [0.3, 0.4) is 0 Å². The average molecular weight is 338 g/mol. The van der Waals surface area contributed by atoms with Crippen LogP contribution >= 0.6 is 0 Å². The number of carbonyl (C=O) groups is 1. The zero-order chi connectivity index (χ0) is 16.7. The van der Waals surface area contributed by atoms with Crippen molar-refractivity contribution in [1.29, 1.82) is 0 Å². The van der Waals surface area contributed by atoms with Gasteiger partial charge in [0.25, 0.3) is 0 Å². The van der Waals surface area contributed by atoms with E-state index in [9.17, 15) is 4.79 Å². The minimum Gasteiger partial charge on any atom is -0.497 e. The highest BCUT2D eigenvalue weighted by atomic mass is 16.5. The molecule has 3 saturated heterocycles. The predicted octanol–water partition coefficient (Wildman–Crippen LogP) is 3.96. The van der Waals surface area contributed by atoms with Crippen molar-refractivity contribution in [1.82, 2.24) is 9.88 Å². The van der Waals surface area contributed by atoms with Gasteiger partial charge in [-0.3, -0.25) is 14.7 Å². The first-order chi connectivity index (χ1) is 11.7. The van der Waals surface area contributed by atoms with Crippen LogP contribution in [0, 0.1) is 11.8 Å². The number of hydrogen-bond acceptors (Lipinski definition) is 4. The van der Waals surface area contributed by atoms with Crippen molar-refractivity contribution in [2.75, 3.05) is 20.2 Å². The number of carbonyl (C=O) groups excluding carboxylic acids is 1. The molecule has 4 unspecified atom stereocenters. The number of methoxy groups -OCH3 is 1. The van der Waals surface area contributed by atoms with Crippen molar-refractivity contribution < 1.29 is 9.53 Å². The Morgan fingerprint density at radius 1 is 1.40 bits per heavy atom. The van der Waals surface area contributed by atoms with Gasteiger partial charge in [0.2, 0.25) is 0 Å². The van der Waals surface area contributed by atoms with E-state index in [0.29, 0.717) is 11.8 Å². The van der Waals surface area contributed by atoms with Crippen LogP contribution in [0.2, 0.25) is 0 Å². The fourth-order valence-electron chi connectivity index (χ4n) is 4.25. The van der Waals surface area contributed by atoms with E-state index in [2.05, 4.69) is 22.5 Å². The van der Waals surface area contributed by atoms with Crippen molar-refractivity contribution in [3.63, 3.8) is 0 Å². The van der Waals surface area contributed by atoms with Gasteiger partial charge >= 0.3 is 0 Å². The molecule has 1 aromatic carbocycles. The number of ketones is 1. The number of aromatic nitrogens is 1. The maximum atomic E-state index is 13.3. The second-order valence-electron chi connectivity index (χ2n) is 6.80. The van der Waals surface area contributed by atoms with E-state index in [0.717, 1.165) is 41.7 Å². The van der Waals surface area contributed by atoms with Crippen molar-refractivity contribution in [3.05, 3.63) is 48.7 Å². The molecule has 0 amide bonds. The molecule has 0 radical (unpaired) electrons. The van der Waals surface area contributed by atoms with Gasteiger partial charge < -0.3 is 4.74 Å². The molecule has 2 bridgehead atoms. The molecule has 0 N–H and O–H groups in total. The Balaban J connectivity index is 0.00000182. The molecular formula is C21H26N2O2. The van der Waals surface area contributed by atoms with E-state index in [1.165, 1.54) is 6.42 Å². The normalized spacial score (nSPS) is 27.6. The summed E-state index contributed by atoms with van der Waals surface area (Å²) in [5, 5.41) is 0.879. The lowest BCUT2D eigenvalue weighted by Crippen LogP contribution is -2.55. The zero-order valence-corrected chi connectivity index (χ0v) is 13.9. The highest BCUT2D eigenvalue weighted by molar-refractivity contribution is 6.10. The van der Waals surface area contributed by atoms with Gasteiger partial charge in [0.1, 0.15) is 5.75 Å². The Bertz CT molecular complexity index is 802. The van der Waals surface area contributed by atoms with Gasteiger partial charge in [-0.25, -0.2) is 0 Å². The molecule has 3 fully saturated rings. The number of ether oxygens (including phenoxy) is 1. The van der Waals surface area contributed by atoms with Gasteiger partial charge in [-0.05, 0) is 55.5 Å². The summed E-state index contributed by atoms with van der Waals surface area (Å²) in [6, 6.07) is 7.53. The number of piperidine rings is 3. The highest BCUT2D eigenvalue weighted by Gasteiger charge is 2.42. The van der Waals surface area contributed by atoms with E-state index in [-0.39, 0.29) is 19.3 Å². The van der Waals surface area contributed by atoms with E-state index in [1.54, 1.807) is 13.3 Å². The van der Waals surface area contributed by atoms with Crippen molar-refractivity contribution >= 4 is 16.7 Å². The monoisotopic (exact) mass is 338 g/mol. The van der Waals surface area contributed by atoms with Crippen molar-refractivity contribution in [2.45, 2.75) is 26.3 Å². The van der Waals surface area contributed by atoms with Crippen LogP contribution in [0.15, 0.2) is 43.1 Å². The molecule has 1 aromatic heterocycles. The lowest BCUT2D eigenvalue weighted by atomic mass is 9.74. The Morgan fingerprint density at radius 3 is 2.92 bits per heavy atom. The molecule has 4 atom stereocenters. The van der Waals surface area contributed by atoms with Gasteiger partial charge in [0, 0.05) is 23.7 Å². The molecule has 2 aromatic rings. The molecule has 3 aliphatic heterocycles. The Labute approximate surface area is 149 Å². The second-order valence-corrected chi connectivity index (χ2v) is 6.80. The maximum Gasteiger partial charge on any atom is 0.180 e. The fraction of sp³-hybridized carbons (Fsp3) is 0.429. The van der Waals surface area contributed by atoms with Crippen LogP contribution in [0.1, 0.15) is 30.6 Å². The Morgan fingerprint density at radius 2 is 2.24 bits per heavy atom. The molecule has 0 aliphatic carbocycles. The summed E-state index contributed by atoms with van der Waals surface area (Å²) >= 11 is 0. The van der Waals surface area contributed by atoms with Crippen LogP contribution in [-0.4, -0.2) is 41.9 Å². The minimum absolute atomic E-state index is 0. The third-order valence-corrected chi connectivity index (χ3v) is 5.62. The van der Waals surface area contributed by atoms with Gasteiger partial charge in [-0.15, -0.1) is 6.58 Å². The second kappa shape index (κ2) is 6.96. The van der Waals surface area contributed by atoms with Crippen LogP contribution in [0.5, 0.6) is 5.75 Å². The van der Waals surface area contributed by atoms with Crippen LogP contribution in [-0.2, 0) is 0 Å². The van der Waals surface area contributed by atoms with Gasteiger partial charge in [0.05, 0.1) is 18.7 Å². The summed E-state index contributed by atoms with van der Waals surface area (Å²) in [7, 11) is 1.64. The quantitative estimate of drug-likeness (QED) is 0.625. The number of Topliss-reactive ketones (excluding diaryl/α,β-unsaturated/α-hetero) is 1. The van der Waals surface area contributed by atoms with Gasteiger partial charge in [-0.1, -0.05) is 13.5 Å². The number of rotatable bonds is 4. The summed E-state index contributed by atoms with van der Waals surface area (Å²) in [6.45, 7) is 5.92. The number of nitrogens with zero attached hydrogens (tertiary/aromatic N) is 2. The van der Waals surface area contributed by atoms with Crippen LogP contribution in [0.4, 0.5) is 0 Å². The first-order valence-electron chi connectivity index (χ1n) is 8.55. The standard InChI is InChI=1S/C20H22N2O2.CH4/c1-3-13-12-22-9-7-14(13)10-19(22)20(23)16-6-8-21-18-5-4-15(24-2)11-17(16)18;/h3-6,8,11,13-14,19H,1,7,9-10,12H2,2H3;1H4. The molecule has 0 spiro atoms. The number of fused-ring (bicyclic) bond motifs is 4. The molecular weight excluding hydrogens is 312 g/mol. The smallest absolute Gasteiger partial charge is 0.180 e. The van der Waals surface area contributed by atoms with E-state index < -0.39 is 0 Å². The van der Waals surface area contributed by atoms with Crippen LogP contribution in [0.25, 0.3) is 10.9 Å². The SMILES string of the molecule is C.C=CC1CN2CCC1CC2C(=O)c1ccnc2ccc(OC)cc12. The van der Waals surface area contributed by atoms with E-state index in [1.807, 2.05) is 24.3 Å². The summed E-state index contributed by atoms with van der Waals surface area (Å²) < 4.78 is 5.32. The molecule has 132 valence electrons. The predicted molar refractivity (Wildman–Crippen MR) is 101 cm³/mol. The van der Waals surface area contributed by atoms with Gasteiger partial charge in [-0.2, -0.15) is 0 Å². The first kappa shape index (κ1) is 17.6. The van der Waals surface area contributed by atoms with Crippen LogP contribution < -0.4 is 4.74 Å².